The summed E-state index contributed by atoms with van der Waals surface area (Å²) in [4.78, 5) is 13.2. The summed E-state index contributed by atoms with van der Waals surface area (Å²) < 4.78 is 4.89. The van der Waals surface area contributed by atoms with Crippen molar-refractivity contribution in [2.45, 2.75) is 0 Å². The summed E-state index contributed by atoms with van der Waals surface area (Å²) in [6, 6.07) is 6.84. The number of anilines is 2. The highest BCUT2D eigenvalue weighted by molar-refractivity contribution is 5.89. The molecule has 88 valence electrons. The van der Waals surface area contributed by atoms with Crippen LogP contribution in [0.3, 0.4) is 0 Å². The molecule has 16 heavy (non-hydrogen) atoms. The van der Waals surface area contributed by atoms with Gasteiger partial charge in [0.15, 0.2) is 0 Å². The van der Waals surface area contributed by atoms with E-state index in [2.05, 4.69) is 5.32 Å². The minimum atomic E-state index is -0.165. The Morgan fingerprint density at radius 1 is 1.44 bits per heavy atom. The number of methoxy groups -OCH3 is 1. The lowest BCUT2D eigenvalue weighted by Crippen LogP contribution is -2.33. The molecule has 0 aliphatic carbocycles. The number of nitrogens with zero attached hydrogens (tertiary/aromatic N) is 1. The van der Waals surface area contributed by atoms with E-state index in [0.29, 0.717) is 18.8 Å². The predicted octanol–water partition coefficient (Wildman–Crippen LogP) is 1.38. The highest BCUT2D eigenvalue weighted by Gasteiger charge is 2.07. The van der Waals surface area contributed by atoms with Crippen LogP contribution in [0.5, 0.6) is 0 Å². The van der Waals surface area contributed by atoms with Crippen LogP contribution in [0.4, 0.5) is 16.2 Å². The smallest absolute Gasteiger partial charge is 0.321 e. The topological polar surface area (TPSA) is 67.6 Å². The fourth-order valence-electron chi connectivity index (χ4n) is 1.12. The summed E-state index contributed by atoms with van der Waals surface area (Å²) in [5, 5.41) is 2.75. The van der Waals surface area contributed by atoms with Gasteiger partial charge in [-0.15, -0.1) is 0 Å². The first kappa shape index (κ1) is 12.3. The van der Waals surface area contributed by atoms with Gasteiger partial charge in [0.05, 0.1) is 6.61 Å². The SMILES string of the molecule is COCCN(C)C(=O)Nc1ccc(N)cc1. The molecule has 0 heterocycles. The van der Waals surface area contributed by atoms with Gasteiger partial charge >= 0.3 is 6.03 Å². The summed E-state index contributed by atoms with van der Waals surface area (Å²) >= 11 is 0. The van der Waals surface area contributed by atoms with Crippen LogP contribution in [0.25, 0.3) is 0 Å². The Labute approximate surface area is 95.2 Å². The van der Waals surface area contributed by atoms with Crippen molar-refractivity contribution in [3.63, 3.8) is 0 Å². The lowest BCUT2D eigenvalue weighted by Gasteiger charge is -2.17. The second-order valence-electron chi connectivity index (χ2n) is 3.47. The number of carbonyl (C=O) groups is 1. The third-order valence-electron chi connectivity index (χ3n) is 2.14. The van der Waals surface area contributed by atoms with Crippen molar-refractivity contribution in [3.8, 4) is 0 Å². The second kappa shape index (κ2) is 5.97. The number of hydrogen-bond acceptors (Lipinski definition) is 3. The molecule has 0 saturated carbocycles. The zero-order valence-corrected chi connectivity index (χ0v) is 9.56. The van der Waals surface area contributed by atoms with Crippen LogP contribution in [-0.4, -0.2) is 38.2 Å². The second-order valence-corrected chi connectivity index (χ2v) is 3.47. The molecule has 0 saturated heterocycles. The fraction of sp³-hybridized carbons (Fsp3) is 0.364. The van der Waals surface area contributed by atoms with Gasteiger partial charge in [-0.05, 0) is 24.3 Å². The van der Waals surface area contributed by atoms with E-state index >= 15 is 0 Å². The first-order valence-electron chi connectivity index (χ1n) is 5.00. The summed E-state index contributed by atoms with van der Waals surface area (Å²) in [7, 11) is 3.32. The van der Waals surface area contributed by atoms with Crippen molar-refractivity contribution < 1.29 is 9.53 Å². The molecule has 0 atom stereocenters. The first-order valence-corrected chi connectivity index (χ1v) is 5.00. The molecule has 1 aromatic carbocycles. The van der Waals surface area contributed by atoms with Crippen molar-refractivity contribution in [1.82, 2.24) is 4.90 Å². The molecule has 2 amide bonds. The van der Waals surface area contributed by atoms with Crippen LogP contribution >= 0.6 is 0 Å². The van der Waals surface area contributed by atoms with Gasteiger partial charge in [0.25, 0.3) is 0 Å². The molecule has 3 N–H and O–H groups in total. The molecule has 0 unspecified atom stereocenters. The molecule has 0 aliphatic heterocycles. The molecule has 0 spiro atoms. The number of benzene rings is 1. The fourth-order valence-corrected chi connectivity index (χ4v) is 1.12. The van der Waals surface area contributed by atoms with E-state index in [0.717, 1.165) is 5.69 Å². The Morgan fingerprint density at radius 3 is 2.62 bits per heavy atom. The number of carbonyl (C=O) groups excluding carboxylic acids is 1. The molecule has 0 aromatic heterocycles. The Hall–Kier alpha value is -1.75. The molecule has 1 rings (SSSR count). The van der Waals surface area contributed by atoms with Crippen LogP contribution in [0.2, 0.25) is 0 Å². The number of likely N-dealkylation sites (N-methyl/N-ethyl adjacent to an activating group) is 1. The maximum atomic E-state index is 11.6. The van der Waals surface area contributed by atoms with E-state index in [4.69, 9.17) is 10.5 Å². The molecular formula is C11H17N3O2. The number of nitrogens with one attached hydrogen (secondary N) is 1. The third kappa shape index (κ3) is 3.78. The number of nitrogen functional groups attached to an aromatic ring is 1. The van der Waals surface area contributed by atoms with Crippen molar-refractivity contribution in [3.05, 3.63) is 24.3 Å². The molecule has 5 nitrogen and oxygen atoms in total. The lowest BCUT2D eigenvalue weighted by atomic mass is 10.3. The standard InChI is InChI=1S/C11H17N3O2/c1-14(7-8-16-2)11(15)13-10-5-3-9(12)4-6-10/h3-6H,7-8,12H2,1-2H3,(H,13,15). The molecule has 0 radical (unpaired) electrons. The van der Waals surface area contributed by atoms with Gasteiger partial charge in [-0.1, -0.05) is 0 Å². The number of rotatable bonds is 4. The maximum Gasteiger partial charge on any atom is 0.321 e. The minimum absolute atomic E-state index is 0.165. The van der Waals surface area contributed by atoms with Crippen LogP contribution in [0.15, 0.2) is 24.3 Å². The monoisotopic (exact) mass is 223 g/mol. The molecule has 5 heteroatoms. The largest absolute Gasteiger partial charge is 0.399 e. The van der Waals surface area contributed by atoms with E-state index in [9.17, 15) is 4.79 Å². The zero-order chi connectivity index (χ0) is 12.0. The van der Waals surface area contributed by atoms with Crippen molar-refractivity contribution in [2.24, 2.45) is 0 Å². The maximum absolute atomic E-state index is 11.6. The highest BCUT2D eigenvalue weighted by atomic mass is 16.5. The van der Waals surface area contributed by atoms with Gasteiger partial charge in [-0.25, -0.2) is 4.79 Å². The van der Waals surface area contributed by atoms with Crippen LogP contribution in [0, 0.1) is 0 Å². The Kier molecular flexibility index (Phi) is 4.60. The van der Waals surface area contributed by atoms with Gasteiger partial charge in [0.2, 0.25) is 0 Å². The third-order valence-corrected chi connectivity index (χ3v) is 2.14. The van der Waals surface area contributed by atoms with E-state index < -0.39 is 0 Å². The zero-order valence-electron chi connectivity index (χ0n) is 9.56. The Bertz CT molecular complexity index is 338. The number of hydrogen-bond donors (Lipinski definition) is 2. The van der Waals surface area contributed by atoms with Crippen LogP contribution < -0.4 is 11.1 Å². The quantitative estimate of drug-likeness (QED) is 0.758. The summed E-state index contributed by atoms with van der Waals surface area (Å²) in [5.41, 5.74) is 6.94. The van der Waals surface area contributed by atoms with Crippen molar-refractivity contribution in [1.29, 1.82) is 0 Å². The van der Waals surface area contributed by atoms with Gasteiger partial charge in [0, 0.05) is 32.1 Å². The number of amides is 2. The van der Waals surface area contributed by atoms with Gasteiger partial charge in [0.1, 0.15) is 0 Å². The number of ether oxygens (including phenoxy) is 1. The van der Waals surface area contributed by atoms with E-state index in [1.807, 2.05) is 0 Å². The number of urea groups is 1. The summed E-state index contributed by atoms with van der Waals surface area (Å²) in [6.45, 7) is 1.07. The average molecular weight is 223 g/mol. The Morgan fingerprint density at radius 2 is 2.06 bits per heavy atom. The Balaban J connectivity index is 2.47. The van der Waals surface area contributed by atoms with Gasteiger partial charge in [-0.2, -0.15) is 0 Å². The lowest BCUT2D eigenvalue weighted by molar-refractivity contribution is 0.165. The molecular weight excluding hydrogens is 206 g/mol. The predicted molar refractivity (Wildman–Crippen MR) is 64.4 cm³/mol. The molecule has 0 aliphatic rings. The normalized spacial score (nSPS) is 9.88. The average Bonchev–Trinajstić information content (AvgIpc) is 2.29. The minimum Gasteiger partial charge on any atom is -0.399 e. The molecule has 0 fully saturated rings. The summed E-state index contributed by atoms with van der Waals surface area (Å²) in [6.07, 6.45) is 0. The molecule has 1 aromatic rings. The molecule has 0 bridgehead atoms. The van der Waals surface area contributed by atoms with Gasteiger partial charge in [-0.3, -0.25) is 0 Å². The van der Waals surface area contributed by atoms with Crippen LogP contribution in [-0.2, 0) is 4.74 Å². The van der Waals surface area contributed by atoms with Crippen molar-refractivity contribution >= 4 is 17.4 Å². The van der Waals surface area contributed by atoms with Gasteiger partial charge < -0.3 is 20.7 Å². The van der Waals surface area contributed by atoms with Crippen LogP contribution in [0.1, 0.15) is 0 Å². The van der Waals surface area contributed by atoms with E-state index in [1.165, 1.54) is 0 Å². The van der Waals surface area contributed by atoms with E-state index in [-0.39, 0.29) is 6.03 Å². The number of nitrogens with two attached hydrogens (primary N) is 1. The summed E-state index contributed by atoms with van der Waals surface area (Å²) in [5.74, 6) is 0. The van der Waals surface area contributed by atoms with E-state index in [1.54, 1.807) is 43.3 Å². The highest BCUT2D eigenvalue weighted by Crippen LogP contribution is 2.10. The van der Waals surface area contributed by atoms with Crippen molar-refractivity contribution in [2.75, 3.05) is 38.4 Å². The first-order chi connectivity index (χ1) is 7.63.